The van der Waals surface area contributed by atoms with Crippen LogP contribution in [0, 0.1) is 0 Å². The molecule has 3 aliphatic heterocycles. The Morgan fingerprint density at radius 3 is 2.31 bits per heavy atom. The number of ether oxygens (including phenoxy) is 1. The highest BCUT2D eigenvalue weighted by molar-refractivity contribution is 5.95. The molecule has 0 radical (unpaired) electrons. The molecule has 0 aliphatic carbocycles. The van der Waals surface area contributed by atoms with Gasteiger partial charge in [-0.05, 0) is 29.7 Å². The van der Waals surface area contributed by atoms with E-state index in [4.69, 9.17) is 4.74 Å². The molecule has 2 saturated heterocycles. The average molecular weight is 469 g/mol. The van der Waals surface area contributed by atoms with Gasteiger partial charge in [-0.15, -0.1) is 0 Å². The zero-order chi connectivity index (χ0) is 23.8. The highest BCUT2D eigenvalue weighted by Gasteiger charge is 2.43. The minimum absolute atomic E-state index is 0.0283. The molecule has 0 saturated carbocycles. The van der Waals surface area contributed by atoms with Gasteiger partial charge < -0.3 is 14.5 Å². The van der Waals surface area contributed by atoms with Crippen molar-refractivity contribution in [3.05, 3.63) is 77.7 Å². The maximum atomic E-state index is 13.4. The third-order valence-electron chi connectivity index (χ3n) is 7.59. The Morgan fingerprint density at radius 2 is 1.60 bits per heavy atom. The van der Waals surface area contributed by atoms with Crippen molar-refractivity contribution in [3.63, 3.8) is 0 Å². The van der Waals surface area contributed by atoms with Crippen molar-refractivity contribution in [2.24, 2.45) is 0 Å². The Kier molecular flexibility index (Phi) is 5.47. The lowest BCUT2D eigenvalue weighted by atomic mass is 9.88. The second kappa shape index (κ2) is 8.80. The summed E-state index contributed by atoms with van der Waals surface area (Å²) in [6.45, 7) is 2.71. The predicted octanol–water partition coefficient (Wildman–Crippen LogP) is 4.02. The summed E-state index contributed by atoms with van der Waals surface area (Å²) in [5, 5.41) is 0. The van der Waals surface area contributed by atoms with E-state index in [9.17, 15) is 9.59 Å². The van der Waals surface area contributed by atoms with Gasteiger partial charge in [-0.25, -0.2) is 9.97 Å². The van der Waals surface area contributed by atoms with Crippen LogP contribution in [0.2, 0.25) is 0 Å². The molecule has 7 nitrogen and oxygen atoms in total. The van der Waals surface area contributed by atoms with Gasteiger partial charge in [0.15, 0.2) is 0 Å². The highest BCUT2D eigenvalue weighted by Crippen LogP contribution is 2.38. The van der Waals surface area contributed by atoms with E-state index < -0.39 is 0 Å². The standard InChI is InChI=1S/C28H28N4O3/c33-25-10-12-28(35-25)13-16-31(17-14-28)26-23-18-32(15-11-24(23)29-19-30-26)27(34)22-8-6-21(7-9-22)20-4-2-1-3-5-20/h1-9,19H,10-18H2. The molecule has 3 aliphatic rings. The Labute approximate surface area is 204 Å². The first-order valence-corrected chi connectivity index (χ1v) is 12.3. The molecule has 0 N–H and O–H groups in total. The lowest BCUT2D eigenvalue weighted by Gasteiger charge is -2.40. The van der Waals surface area contributed by atoms with Crippen LogP contribution in [-0.4, -0.2) is 52.0 Å². The van der Waals surface area contributed by atoms with Gasteiger partial charge in [-0.1, -0.05) is 42.5 Å². The number of hydrogen-bond acceptors (Lipinski definition) is 6. The minimum Gasteiger partial charge on any atom is -0.459 e. The highest BCUT2D eigenvalue weighted by atomic mass is 16.6. The summed E-state index contributed by atoms with van der Waals surface area (Å²) >= 11 is 0. The second-order valence-electron chi connectivity index (χ2n) is 9.69. The zero-order valence-electron chi connectivity index (χ0n) is 19.7. The Bertz CT molecular complexity index is 1250. The van der Waals surface area contributed by atoms with E-state index in [1.54, 1.807) is 6.33 Å². The van der Waals surface area contributed by atoms with E-state index in [-0.39, 0.29) is 17.5 Å². The Hall–Kier alpha value is -3.74. The normalized spacial score (nSPS) is 18.9. The molecule has 6 rings (SSSR count). The predicted molar refractivity (Wildman–Crippen MR) is 132 cm³/mol. The molecule has 1 aromatic heterocycles. The molecule has 0 atom stereocenters. The molecule has 178 valence electrons. The summed E-state index contributed by atoms with van der Waals surface area (Å²) in [6, 6.07) is 18.0. The second-order valence-corrected chi connectivity index (χ2v) is 9.69. The SMILES string of the molecule is O=C1CCC2(CCN(c3ncnc4c3CN(C(=O)c3ccc(-c5ccccc5)cc3)CC4)CC2)O1. The van der Waals surface area contributed by atoms with Crippen molar-refractivity contribution in [2.75, 3.05) is 24.5 Å². The fourth-order valence-corrected chi connectivity index (χ4v) is 5.54. The third-order valence-corrected chi connectivity index (χ3v) is 7.59. The number of fused-ring (bicyclic) bond motifs is 1. The van der Waals surface area contributed by atoms with E-state index in [0.29, 0.717) is 31.5 Å². The van der Waals surface area contributed by atoms with Crippen LogP contribution in [0.1, 0.15) is 47.3 Å². The van der Waals surface area contributed by atoms with Crippen LogP contribution in [0.4, 0.5) is 5.82 Å². The quantitative estimate of drug-likeness (QED) is 0.541. The third kappa shape index (κ3) is 4.16. The van der Waals surface area contributed by atoms with Gasteiger partial charge in [0, 0.05) is 56.4 Å². The van der Waals surface area contributed by atoms with Crippen LogP contribution in [-0.2, 0) is 22.5 Å². The number of benzene rings is 2. The monoisotopic (exact) mass is 468 g/mol. The number of carbonyl (C=O) groups is 2. The van der Waals surface area contributed by atoms with E-state index in [0.717, 1.165) is 60.6 Å². The maximum Gasteiger partial charge on any atom is 0.306 e. The summed E-state index contributed by atoms with van der Waals surface area (Å²) in [5.74, 6) is 0.857. The summed E-state index contributed by atoms with van der Waals surface area (Å²) in [5.41, 5.74) is 4.68. The van der Waals surface area contributed by atoms with E-state index in [1.807, 2.05) is 47.4 Å². The molecular weight excluding hydrogens is 440 g/mol. The first kappa shape index (κ1) is 21.8. The molecule has 35 heavy (non-hydrogen) atoms. The van der Waals surface area contributed by atoms with Crippen LogP contribution in [0.25, 0.3) is 11.1 Å². The number of rotatable bonds is 3. The van der Waals surface area contributed by atoms with Gasteiger partial charge in [0.25, 0.3) is 5.91 Å². The molecule has 0 unspecified atom stereocenters. The fraction of sp³-hybridized carbons (Fsp3) is 0.357. The molecule has 7 heteroatoms. The Morgan fingerprint density at radius 1 is 0.857 bits per heavy atom. The zero-order valence-corrected chi connectivity index (χ0v) is 19.7. The van der Waals surface area contributed by atoms with Gasteiger partial charge in [-0.3, -0.25) is 9.59 Å². The molecule has 1 amide bonds. The summed E-state index contributed by atoms with van der Waals surface area (Å²) < 4.78 is 5.67. The van der Waals surface area contributed by atoms with Crippen LogP contribution in [0.5, 0.6) is 0 Å². The number of aromatic nitrogens is 2. The van der Waals surface area contributed by atoms with Gasteiger partial charge >= 0.3 is 5.97 Å². The van der Waals surface area contributed by atoms with E-state index in [1.165, 1.54) is 0 Å². The number of carbonyl (C=O) groups excluding carboxylic acids is 2. The van der Waals surface area contributed by atoms with Crippen molar-refractivity contribution < 1.29 is 14.3 Å². The van der Waals surface area contributed by atoms with Gasteiger partial charge in [0.2, 0.25) is 0 Å². The number of amides is 1. The van der Waals surface area contributed by atoms with Gasteiger partial charge in [0.05, 0.1) is 12.2 Å². The minimum atomic E-state index is -0.297. The van der Waals surface area contributed by atoms with Crippen molar-refractivity contribution in [3.8, 4) is 11.1 Å². The lowest BCUT2D eigenvalue weighted by molar-refractivity contribution is -0.149. The number of piperidine rings is 1. The van der Waals surface area contributed by atoms with Crippen LogP contribution in [0.3, 0.4) is 0 Å². The van der Waals surface area contributed by atoms with Crippen molar-refractivity contribution in [1.29, 1.82) is 0 Å². The van der Waals surface area contributed by atoms with Crippen molar-refractivity contribution >= 4 is 17.7 Å². The molecule has 0 bridgehead atoms. The first-order chi connectivity index (χ1) is 17.1. The molecule has 2 aromatic carbocycles. The number of hydrogen-bond donors (Lipinski definition) is 0. The smallest absolute Gasteiger partial charge is 0.306 e. The van der Waals surface area contributed by atoms with E-state index in [2.05, 4.69) is 27.0 Å². The fourth-order valence-electron chi connectivity index (χ4n) is 5.54. The van der Waals surface area contributed by atoms with Crippen molar-refractivity contribution in [2.45, 2.75) is 44.2 Å². The first-order valence-electron chi connectivity index (χ1n) is 12.3. The summed E-state index contributed by atoms with van der Waals surface area (Å²) in [7, 11) is 0. The molecule has 2 fully saturated rings. The topological polar surface area (TPSA) is 75.6 Å². The Balaban J connectivity index is 1.18. The number of esters is 1. The van der Waals surface area contributed by atoms with Gasteiger partial charge in [0.1, 0.15) is 17.7 Å². The van der Waals surface area contributed by atoms with Crippen LogP contribution >= 0.6 is 0 Å². The molecular formula is C28H28N4O3. The van der Waals surface area contributed by atoms with Crippen LogP contribution < -0.4 is 4.90 Å². The summed E-state index contributed by atoms with van der Waals surface area (Å²) in [6.07, 6.45) is 5.31. The number of anilines is 1. The average Bonchev–Trinajstić information content (AvgIpc) is 3.28. The lowest BCUT2D eigenvalue weighted by Crippen LogP contribution is -2.45. The number of nitrogens with zero attached hydrogens (tertiary/aromatic N) is 4. The maximum absolute atomic E-state index is 13.4. The van der Waals surface area contributed by atoms with Crippen molar-refractivity contribution in [1.82, 2.24) is 14.9 Å². The van der Waals surface area contributed by atoms with Crippen LogP contribution in [0.15, 0.2) is 60.9 Å². The molecule has 1 spiro atoms. The van der Waals surface area contributed by atoms with E-state index >= 15 is 0 Å². The van der Waals surface area contributed by atoms with Gasteiger partial charge in [-0.2, -0.15) is 0 Å². The largest absolute Gasteiger partial charge is 0.459 e. The molecule has 3 aromatic rings. The summed E-state index contributed by atoms with van der Waals surface area (Å²) in [4.78, 5) is 38.4. The molecule has 4 heterocycles.